The predicted molar refractivity (Wildman–Crippen MR) is 135 cm³/mol. The van der Waals surface area contributed by atoms with Crippen LogP contribution in [-0.4, -0.2) is 60.2 Å². The molecule has 1 aromatic heterocycles. The Morgan fingerprint density at radius 1 is 1.14 bits per heavy atom. The van der Waals surface area contributed by atoms with Crippen LogP contribution >= 0.6 is 0 Å². The molecule has 2 aliphatic heterocycles. The van der Waals surface area contributed by atoms with Crippen molar-refractivity contribution in [3.05, 3.63) is 47.5 Å². The van der Waals surface area contributed by atoms with Crippen LogP contribution in [0, 0.1) is 23.6 Å². The molecule has 2 atom stereocenters. The maximum atomic E-state index is 14.5. The standard InChI is InChI=1S/C28H37FN4O3/c1-2-35-19-20-17-30-28(31-18-20)33-11-6-21(7-12-33)25-14-22(25)8-13-36-24-5-4-23(26(29)16-24)15-27(34)32-9-3-10-32/h4-5,16-18,21-22,25H,2-3,6-15,19H2,1H3/t22-,25-/m1/s1. The van der Waals surface area contributed by atoms with E-state index in [1.54, 1.807) is 17.0 Å². The first-order valence-corrected chi connectivity index (χ1v) is 13.4. The first-order chi connectivity index (χ1) is 17.6. The Labute approximate surface area is 213 Å². The number of carbonyl (C=O) groups excluding carboxylic acids is 1. The van der Waals surface area contributed by atoms with Gasteiger partial charge in [-0.05, 0) is 68.4 Å². The van der Waals surface area contributed by atoms with Crippen molar-refractivity contribution in [1.82, 2.24) is 14.9 Å². The summed E-state index contributed by atoms with van der Waals surface area (Å²) in [5, 5.41) is 0. The number of ether oxygens (including phenoxy) is 2. The zero-order chi connectivity index (χ0) is 24.9. The molecule has 194 valence electrons. The molecule has 1 aromatic carbocycles. The summed E-state index contributed by atoms with van der Waals surface area (Å²) < 4.78 is 25.7. The van der Waals surface area contributed by atoms with E-state index in [4.69, 9.17) is 9.47 Å². The van der Waals surface area contributed by atoms with Gasteiger partial charge in [0.2, 0.25) is 11.9 Å². The molecule has 2 aromatic rings. The summed E-state index contributed by atoms with van der Waals surface area (Å²) in [5.74, 6) is 3.24. The van der Waals surface area contributed by atoms with E-state index in [1.165, 1.54) is 25.3 Å². The third-order valence-corrected chi connectivity index (χ3v) is 7.90. The van der Waals surface area contributed by atoms with E-state index >= 15 is 0 Å². The second-order valence-electron chi connectivity index (χ2n) is 10.3. The van der Waals surface area contributed by atoms with E-state index in [0.717, 1.165) is 62.4 Å². The van der Waals surface area contributed by atoms with Crippen molar-refractivity contribution in [2.24, 2.45) is 17.8 Å². The lowest BCUT2D eigenvalue weighted by atomic mass is 9.90. The van der Waals surface area contributed by atoms with E-state index in [1.807, 2.05) is 19.3 Å². The van der Waals surface area contributed by atoms with Gasteiger partial charge < -0.3 is 19.3 Å². The minimum atomic E-state index is -0.356. The second-order valence-corrected chi connectivity index (χ2v) is 10.3. The van der Waals surface area contributed by atoms with E-state index in [2.05, 4.69) is 14.9 Å². The first-order valence-electron chi connectivity index (χ1n) is 13.4. The number of likely N-dealkylation sites (tertiary alicyclic amines) is 1. The molecule has 1 saturated carbocycles. The van der Waals surface area contributed by atoms with Crippen LogP contribution in [0.1, 0.15) is 50.2 Å². The van der Waals surface area contributed by atoms with Crippen molar-refractivity contribution >= 4 is 11.9 Å². The number of halogens is 1. The fourth-order valence-electron chi connectivity index (χ4n) is 5.44. The molecule has 0 bridgehead atoms. The largest absolute Gasteiger partial charge is 0.493 e. The number of benzene rings is 1. The molecule has 0 spiro atoms. The van der Waals surface area contributed by atoms with Gasteiger partial charge in [-0.1, -0.05) is 6.07 Å². The predicted octanol–water partition coefficient (Wildman–Crippen LogP) is 4.25. The van der Waals surface area contributed by atoms with Crippen molar-refractivity contribution in [2.45, 2.75) is 52.1 Å². The van der Waals surface area contributed by atoms with Crippen LogP contribution in [0.15, 0.2) is 30.6 Å². The third-order valence-electron chi connectivity index (χ3n) is 7.90. The maximum absolute atomic E-state index is 14.5. The molecule has 2 saturated heterocycles. The van der Waals surface area contributed by atoms with Gasteiger partial charge in [-0.2, -0.15) is 0 Å². The fraction of sp³-hybridized carbons (Fsp3) is 0.607. The molecule has 3 heterocycles. The molecule has 0 unspecified atom stereocenters. The van der Waals surface area contributed by atoms with Gasteiger partial charge in [0.1, 0.15) is 11.6 Å². The van der Waals surface area contributed by atoms with Crippen molar-refractivity contribution in [2.75, 3.05) is 44.3 Å². The second kappa shape index (κ2) is 11.5. The Morgan fingerprint density at radius 2 is 1.92 bits per heavy atom. The highest BCUT2D eigenvalue weighted by Crippen LogP contribution is 2.49. The number of hydrogen-bond acceptors (Lipinski definition) is 6. The van der Waals surface area contributed by atoms with Crippen molar-refractivity contribution in [3.63, 3.8) is 0 Å². The van der Waals surface area contributed by atoms with Gasteiger partial charge in [0.15, 0.2) is 0 Å². The molecular formula is C28H37FN4O3. The third kappa shape index (κ3) is 6.14. The lowest BCUT2D eigenvalue weighted by Crippen LogP contribution is -2.42. The Morgan fingerprint density at radius 3 is 2.58 bits per heavy atom. The van der Waals surface area contributed by atoms with Crippen molar-refractivity contribution in [3.8, 4) is 5.75 Å². The zero-order valence-electron chi connectivity index (χ0n) is 21.2. The van der Waals surface area contributed by atoms with E-state index < -0.39 is 0 Å². The maximum Gasteiger partial charge on any atom is 0.227 e. The van der Waals surface area contributed by atoms with Crippen molar-refractivity contribution < 1.29 is 18.7 Å². The van der Waals surface area contributed by atoms with Gasteiger partial charge in [0, 0.05) is 56.8 Å². The zero-order valence-corrected chi connectivity index (χ0v) is 21.2. The number of carbonyl (C=O) groups is 1. The molecule has 3 fully saturated rings. The summed E-state index contributed by atoms with van der Waals surface area (Å²) in [7, 11) is 0. The van der Waals surface area contributed by atoms with Crippen LogP contribution in [0.3, 0.4) is 0 Å². The topological polar surface area (TPSA) is 67.8 Å². The number of rotatable bonds is 11. The summed E-state index contributed by atoms with van der Waals surface area (Å²) >= 11 is 0. The molecule has 3 aliphatic rings. The number of piperidine rings is 1. The first kappa shape index (κ1) is 24.9. The summed E-state index contributed by atoms with van der Waals surface area (Å²) in [6, 6.07) is 4.89. The number of hydrogen-bond donors (Lipinski definition) is 0. The average molecular weight is 497 g/mol. The highest BCUT2D eigenvalue weighted by atomic mass is 19.1. The monoisotopic (exact) mass is 496 g/mol. The lowest BCUT2D eigenvalue weighted by molar-refractivity contribution is -0.133. The molecular weight excluding hydrogens is 459 g/mol. The molecule has 5 rings (SSSR count). The number of amides is 1. The lowest BCUT2D eigenvalue weighted by Gasteiger charge is -2.32. The average Bonchev–Trinajstić information content (AvgIpc) is 3.63. The molecule has 36 heavy (non-hydrogen) atoms. The van der Waals surface area contributed by atoms with Crippen LogP contribution < -0.4 is 9.64 Å². The number of nitrogens with zero attached hydrogens (tertiary/aromatic N) is 4. The van der Waals surface area contributed by atoms with Gasteiger partial charge in [-0.3, -0.25) is 4.79 Å². The molecule has 1 aliphatic carbocycles. The Balaban J connectivity index is 1.00. The molecule has 1 amide bonds. The smallest absolute Gasteiger partial charge is 0.227 e. The Bertz CT molecular complexity index is 1020. The minimum absolute atomic E-state index is 0.00219. The molecule has 8 heteroatoms. The molecule has 0 N–H and O–H groups in total. The van der Waals surface area contributed by atoms with Crippen LogP contribution in [0.2, 0.25) is 0 Å². The van der Waals surface area contributed by atoms with Gasteiger partial charge in [-0.25, -0.2) is 14.4 Å². The molecule has 0 radical (unpaired) electrons. The van der Waals surface area contributed by atoms with Gasteiger partial charge >= 0.3 is 0 Å². The van der Waals surface area contributed by atoms with Crippen LogP contribution in [0.25, 0.3) is 0 Å². The van der Waals surface area contributed by atoms with E-state index in [0.29, 0.717) is 37.1 Å². The van der Waals surface area contributed by atoms with Crippen LogP contribution in [0.5, 0.6) is 5.75 Å². The normalized spacial score (nSPS) is 21.8. The van der Waals surface area contributed by atoms with Crippen LogP contribution in [-0.2, 0) is 22.6 Å². The molecule has 7 nitrogen and oxygen atoms in total. The van der Waals surface area contributed by atoms with Gasteiger partial charge in [0.05, 0.1) is 19.6 Å². The quantitative estimate of drug-likeness (QED) is 0.463. The summed E-state index contributed by atoms with van der Waals surface area (Å²) in [4.78, 5) is 25.2. The number of aromatic nitrogens is 2. The SMILES string of the molecule is CCOCc1cnc(N2CCC([C@H]3C[C@H]3CCOc3ccc(CC(=O)N4CCC4)c(F)c3)CC2)nc1. The Hall–Kier alpha value is -2.74. The Kier molecular flexibility index (Phi) is 7.99. The van der Waals surface area contributed by atoms with E-state index in [-0.39, 0.29) is 18.1 Å². The van der Waals surface area contributed by atoms with E-state index in [9.17, 15) is 9.18 Å². The summed E-state index contributed by atoms with van der Waals surface area (Å²) in [5.41, 5.74) is 1.45. The summed E-state index contributed by atoms with van der Waals surface area (Å²) in [6.45, 7) is 7.43. The number of anilines is 1. The van der Waals surface area contributed by atoms with Gasteiger partial charge in [0.25, 0.3) is 0 Å². The fourth-order valence-corrected chi connectivity index (χ4v) is 5.44. The highest BCUT2D eigenvalue weighted by Gasteiger charge is 2.43. The van der Waals surface area contributed by atoms with Gasteiger partial charge in [-0.15, -0.1) is 0 Å². The van der Waals surface area contributed by atoms with Crippen molar-refractivity contribution in [1.29, 1.82) is 0 Å². The highest BCUT2D eigenvalue weighted by molar-refractivity contribution is 5.79. The minimum Gasteiger partial charge on any atom is -0.493 e. The van der Waals surface area contributed by atoms with Crippen LogP contribution in [0.4, 0.5) is 10.3 Å². The summed E-state index contributed by atoms with van der Waals surface area (Å²) in [6.07, 6.45) is 9.53.